The molecule has 4 rings (SSSR count). The standard InChI is InChI=1S/C25H25ClN4O3/c1-15-20(10-12-25(31)28-21-11-9-19(32-3)13-23(21)33-4)16(2)30-24(27-15)14-22(29-30)17-5-7-18(26)8-6-17/h5-9,11,13-14H,10,12H2,1-4H3,(H,28,31). The summed E-state index contributed by atoms with van der Waals surface area (Å²) in [4.78, 5) is 17.4. The lowest BCUT2D eigenvalue weighted by Gasteiger charge is -2.13. The van der Waals surface area contributed by atoms with Gasteiger partial charge in [0.2, 0.25) is 5.91 Å². The van der Waals surface area contributed by atoms with Crippen molar-refractivity contribution in [3.05, 3.63) is 70.5 Å². The highest BCUT2D eigenvalue weighted by atomic mass is 35.5. The Morgan fingerprint density at radius 3 is 2.52 bits per heavy atom. The Balaban J connectivity index is 1.52. The van der Waals surface area contributed by atoms with E-state index in [4.69, 9.17) is 31.2 Å². The number of amides is 1. The van der Waals surface area contributed by atoms with Crippen molar-refractivity contribution >= 4 is 28.8 Å². The van der Waals surface area contributed by atoms with Crippen LogP contribution in [0.3, 0.4) is 0 Å². The Morgan fingerprint density at radius 2 is 1.82 bits per heavy atom. The molecule has 0 radical (unpaired) electrons. The molecule has 4 aromatic rings. The molecule has 0 unspecified atom stereocenters. The zero-order valence-corrected chi connectivity index (χ0v) is 19.7. The van der Waals surface area contributed by atoms with Crippen molar-refractivity contribution in [2.75, 3.05) is 19.5 Å². The van der Waals surface area contributed by atoms with E-state index in [2.05, 4.69) is 5.32 Å². The summed E-state index contributed by atoms with van der Waals surface area (Å²) in [6.07, 6.45) is 0.844. The van der Waals surface area contributed by atoms with Gasteiger partial charge in [0.25, 0.3) is 0 Å². The van der Waals surface area contributed by atoms with Crippen LogP contribution in [0.2, 0.25) is 5.02 Å². The first kappa shape index (κ1) is 22.6. The molecule has 2 aromatic heterocycles. The van der Waals surface area contributed by atoms with Crippen LogP contribution in [0.15, 0.2) is 48.5 Å². The van der Waals surface area contributed by atoms with Gasteiger partial charge in [0.15, 0.2) is 5.65 Å². The van der Waals surface area contributed by atoms with Crippen molar-refractivity contribution in [3.63, 3.8) is 0 Å². The minimum Gasteiger partial charge on any atom is -0.497 e. The predicted octanol–water partition coefficient (Wildman–Crippen LogP) is 5.26. The summed E-state index contributed by atoms with van der Waals surface area (Å²) in [5, 5.41) is 8.33. The summed E-state index contributed by atoms with van der Waals surface area (Å²) in [7, 11) is 3.14. The number of aryl methyl sites for hydroxylation is 2. The normalized spacial score (nSPS) is 10.9. The summed E-state index contributed by atoms with van der Waals surface area (Å²) in [6.45, 7) is 3.96. The molecule has 0 saturated carbocycles. The Labute approximate surface area is 197 Å². The van der Waals surface area contributed by atoms with Gasteiger partial charge in [0.05, 0.1) is 25.6 Å². The molecule has 2 aromatic carbocycles. The van der Waals surface area contributed by atoms with Crippen molar-refractivity contribution in [2.45, 2.75) is 26.7 Å². The second-order valence-corrected chi connectivity index (χ2v) is 8.12. The Hall–Kier alpha value is -3.58. The smallest absolute Gasteiger partial charge is 0.224 e. The molecule has 170 valence electrons. The maximum atomic E-state index is 12.7. The maximum Gasteiger partial charge on any atom is 0.224 e. The number of nitrogens with one attached hydrogen (secondary N) is 1. The van der Waals surface area contributed by atoms with E-state index >= 15 is 0 Å². The van der Waals surface area contributed by atoms with Gasteiger partial charge in [0, 0.05) is 40.5 Å². The number of anilines is 1. The summed E-state index contributed by atoms with van der Waals surface area (Å²) in [6, 6.07) is 14.8. The Morgan fingerprint density at radius 1 is 1.06 bits per heavy atom. The van der Waals surface area contributed by atoms with Crippen molar-refractivity contribution in [2.24, 2.45) is 0 Å². The number of ether oxygens (including phenoxy) is 2. The highest BCUT2D eigenvalue weighted by Crippen LogP contribution is 2.29. The topological polar surface area (TPSA) is 77.8 Å². The average molecular weight is 465 g/mol. The molecule has 0 atom stereocenters. The quantitative estimate of drug-likeness (QED) is 0.404. The average Bonchev–Trinajstić information content (AvgIpc) is 3.23. The first-order valence-corrected chi connectivity index (χ1v) is 10.9. The van der Waals surface area contributed by atoms with E-state index in [1.807, 2.05) is 48.7 Å². The second-order valence-electron chi connectivity index (χ2n) is 7.68. The molecule has 8 heteroatoms. The summed E-state index contributed by atoms with van der Waals surface area (Å²) < 4.78 is 12.4. The van der Waals surface area contributed by atoms with Gasteiger partial charge in [-0.3, -0.25) is 4.79 Å². The maximum absolute atomic E-state index is 12.7. The van der Waals surface area contributed by atoms with Gasteiger partial charge >= 0.3 is 0 Å². The lowest BCUT2D eigenvalue weighted by Crippen LogP contribution is -2.15. The minimum atomic E-state index is -0.111. The van der Waals surface area contributed by atoms with E-state index in [1.54, 1.807) is 32.4 Å². The van der Waals surface area contributed by atoms with Gasteiger partial charge in [-0.15, -0.1) is 0 Å². The highest BCUT2D eigenvalue weighted by Gasteiger charge is 2.15. The van der Waals surface area contributed by atoms with Crippen LogP contribution in [0.1, 0.15) is 23.4 Å². The van der Waals surface area contributed by atoms with Crippen molar-refractivity contribution in [3.8, 4) is 22.8 Å². The van der Waals surface area contributed by atoms with Crippen LogP contribution in [-0.4, -0.2) is 34.7 Å². The first-order chi connectivity index (χ1) is 15.9. The van der Waals surface area contributed by atoms with Gasteiger partial charge in [0.1, 0.15) is 11.5 Å². The number of aromatic nitrogens is 3. The molecule has 33 heavy (non-hydrogen) atoms. The van der Waals surface area contributed by atoms with Crippen molar-refractivity contribution in [1.29, 1.82) is 0 Å². The third-order valence-electron chi connectivity index (χ3n) is 5.59. The number of benzene rings is 2. The predicted molar refractivity (Wildman–Crippen MR) is 129 cm³/mol. The molecular formula is C25H25ClN4O3. The van der Waals surface area contributed by atoms with Gasteiger partial charge in [-0.1, -0.05) is 23.7 Å². The number of methoxy groups -OCH3 is 2. The minimum absolute atomic E-state index is 0.111. The zero-order valence-electron chi connectivity index (χ0n) is 19.0. The monoisotopic (exact) mass is 464 g/mol. The van der Waals surface area contributed by atoms with Crippen LogP contribution < -0.4 is 14.8 Å². The molecule has 0 aliphatic carbocycles. The van der Waals surface area contributed by atoms with E-state index in [0.717, 1.165) is 33.9 Å². The largest absolute Gasteiger partial charge is 0.497 e. The molecule has 0 aliphatic heterocycles. The number of hydrogen-bond donors (Lipinski definition) is 1. The van der Waals surface area contributed by atoms with Crippen LogP contribution in [0.25, 0.3) is 16.9 Å². The lowest BCUT2D eigenvalue weighted by molar-refractivity contribution is -0.116. The molecule has 0 spiro atoms. The van der Waals surface area contributed by atoms with Crippen LogP contribution in [0.5, 0.6) is 11.5 Å². The third-order valence-corrected chi connectivity index (χ3v) is 5.84. The van der Waals surface area contributed by atoms with Crippen molar-refractivity contribution < 1.29 is 14.3 Å². The number of rotatable bonds is 7. The molecule has 0 aliphatic rings. The number of carbonyl (C=O) groups is 1. The Kier molecular flexibility index (Phi) is 6.51. The van der Waals surface area contributed by atoms with E-state index in [0.29, 0.717) is 35.1 Å². The van der Waals surface area contributed by atoms with E-state index < -0.39 is 0 Å². The molecule has 7 nitrogen and oxygen atoms in total. The Bertz CT molecular complexity index is 1320. The van der Waals surface area contributed by atoms with Gasteiger partial charge in [-0.25, -0.2) is 9.50 Å². The molecule has 1 N–H and O–H groups in total. The number of halogens is 1. The summed E-state index contributed by atoms with van der Waals surface area (Å²) >= 11 is 6.00. The summed E-state index contributed by atoms with van der Waals surface area (Å²) in [5.74, 6) is 1.09. The highest BCUT2D eigenvalue weighted by molar-refractivity contribution is 6.30. The number of nitrogens with zero attached hydrogens (tertiary/aromatic N) is 3. The van der Waals surface area contributed by atoms with Gasteiger partial charge in [-0.05, 0) is 50.1 Å². The lowest BCUT2D eigenvalue weighted by atomic mass is 10.1. The van der Waals surface area contributed by atoms with Crippen LogP contribution in [0.4, 0.5) is 5.69 Å². The fourth-order valence-electron chi connectivity index (χ4n) is 3.80. The fraction of sp³-hybridized carbons (Fsp3) is 0.240. The molecule has 0 saturated heterocycles. The van der Waals surface area contributed by atoms with Gasteiger partial charge in [-0.2, -0.15) is 5.10 Å². The van der Waals surface area contributed by atoms with Crippen LogP contribution >= 0.6 is 11.6 Å². The SMILES string of the molecule is COc1ccc(NC(=O)CCc2c(C)nc3cc(-c4ccc(Cl)cc4)nn3c2C)c(OC)c1. The number of hydrogen-bond acceptors (Lipinski definition) is 5. The zero-order chi connectivity index (χ0) is 23.5. The van der Waals surface area contributed by atoms with Crippen molar-refractivity contribution in [1.82, 2.24) is 14.6 Å². The summed E-state index contributed by atoms with van der Waals surface area (Å²) in [5.41, 5.74) is 6.02. The van der Waals surface area contributed by atoms with Crippen LogP contribution in [0, 0.1) is 13.8 Å². The van der Waals surface area contributed by atoms with E-state index in [-0.39, 0.29) is 5.91 Å². The number of fused-ring (bicyclic) bond motifs is 1. The molecular weight excluding hydrogens is 440 g/mol. The van der Waals surface area contributed by atoms with Crippen LogP contribution in [-0.2, 0) is 11.2 Å². The molecule has 2 heterocycles. The first-order valence-electron chi connectivity index (χ1n) is 10.5. The second kappa shape index (κ2) is 9.50. The fourth-order valence-corrected chi connectivity index (χ4v) is 3.93. The molecule has 1 amide bonds. The molecule has 0 bridgehead atoms. The molecule has 0 fully saturated rings. The van der Waals surface area contributed by atoms with Gasteiger partial charge < -0.3 is 14.8 Å². The third kappa shape index (κ3) is 4.78. The van der Waals surface area contributed by atoms with E-state index in [9.17, 15) is 4.79 Å². The van der Waals surface area contributed by atoms with E-state index in [1.165, 1.54) is 0 Å². The number of carbonyl (C=O) groups excluding carboxylic acids is 1.